The van der Waals surface area contributed by atoms with Crippen LogP contribution in [0.4, 0.5) is 4.39 Å². The molecule has 0 unspecified atom stereocenters. The average Bonchev–Trinajstić information content (AvgIpc) is 3.04. The Bertz CT molecular complexity index is 686. The first-order valence-corrected chi connectivity index (χ1v) is 7.91. The number of carbonyl (C=O) groups excluding carboxylic acids is 1. The number of aliphatic hydroxyl groups excluding tert-OH is 1. The van der Waals surface area contributed by atoms with Crippen LogP contribution in [-0.4, -0.2) is 33.9 Å². The summed E-state index contributed by atoms with van der Waals surface area (Å²) in [7, 11) is 0. The van der Waals surface area contributed by atoms with Crippen LogP contribution in [0.3, 0.4) is 0 Å². The molecule has 5 nitrogen and oxygen atoms in total. The Balaban J connectivity index is 1.71. The summed E-state index contributed by atoms with van der Waals surface area (Å²) in [6.07, 6.45) is 4.84. The number of nitrogens with zero attached hydrogens (tertiary/aromatic N) is 1. The van der Waals surface area contributed by atoms with Crippen LogP contribution in [0.2, 0.25) is 0 Å². The quantitative estimate of drug-likeness (QED) is 0.811. The third-order valence-corrected chi connectivity index (χ3v) is 4.42. The molecule has 1 aromatic carbocycles. The van der Waals surface area contributed by atoms with Gasteiger partial charge in [-0.15, -0.1) is 0 Å². The molecule has 6 heteroatoms. The molecule has 1 aliphatic rings. The maximum atomic E-state index is 13.9. The first-order valence-electron chi connectivity index (χ1n) is 7.91. The molecule has 0 saturated heterocycles. The van der Waals surface area contributed by atoms with Crippen LogP contribution in [0.25, 0.3) is 11.3 Å². The lowest BCUT2D eigenvalue weighted by molar-refractivity contribution is 0.0663. The summed E-state index contributed by atoms with van der Waals surface area (Å²) >= 11 is 0. The van der Waals surface area contributed by atoms with E-state index >= 15 is 0 Å². The van der Waals surface area contributed by atoms with Gasteiger partial charge in [-0.05, 0) is 25.0 Å². The van der Waals surface area contributed by atoms with Gasteiger partial charge in [0.15, 0.2) is 0 Å². The summed E-state index contributed by atoms with van der Waals surface area (Å²) < 4.78 is 13.9. The zero-order valence-electron chi connectivity index (χ0n) is 12.8. The third-order valence-electron chi connectivity index (χ3n) is 4.42. The molecule has 0 aliphatic heterocycles. The normalized spacial score (nSPS) is 21.1. The van der Waals surface area contributed by atoms with Crippen molar-refractivity contribution in [2.75, 3.05) is 6.54 Å². The van der Waals surface area contributed by atoms with E-state index in [1.165, 1.54) is 12.3 Å². The molecule has 0 bridgehead atoms. The number of carbonyl (C=O) groups is 1. The van der Waals surface area contributed by atoms with Crippen LogP contribution in [0, 0.1) is 11.7 Å². The molecule has 1 heterocycles. The summed E-state index contributed by atoms with van der Waals surface area (Å²) in [6, 6.07) is 6.25. The molecule has 3 N–H and O–H groups in total. The van der Waals surface area contributed by atoms with Gasteiger partial charge < -0.3 is 10.4 Å². The molecule has 2 aromatic rings. The number of hydrogen-bond donors (Lipinski definition) is 3. The molecule has 2 atom stereocenters. The second-order valence-electron chi connectivity index (χ2n) is 5.96. The maximum absolute atomic E-state index is 13.9. The standard InChI is InChI=1S/C17H20FN3O2/c18-14-7-3-2-6-12(14)16-13(10-20-21-16)17(23)19-9-11-5-1-4-8-15(11)22/h2-3,6-7,10-11,15,22H,1,4-5,8-9H2,(H,19,23)(H,20,21)/t11-,15+/m0/s1. The number of benzene rings is 1. The van der Waals surface area contributed by atoms with Crippen molar-refractivity contribution in [2.24, 2.45) is 5.92 Å². The van der Waals surface area contributed by atoms with Crippen molar-refractivity contribution >= 4 is 5.91 Å². The molecule has 122 valence electrons. The minimum absolute atomic E-state index is 0.0801. The predicted molar refractivity (Wildman–Crippen MR) is 84.3 cm³/mol. The van der Waals surface area contributed by atoms with E-state index in [0.29, 0.717) is 23.4 Å². The monoisotopic (exact) mass is 317 g/mol. The van der Waals surface area contributed by atoms with Crippen LogP contribution < -0.4 is 5.32 Å². The van der Waals surface area contributed by atoms with E-state index in [0.717, 1.165) is 25.7 Å². The highest BCUT2D eigenvalue weighted by atomic mass is 19.1. The zero-order valence-corrected chi connectivity index (χ0v) is 12.8. The van der Waals surface area contributed by atoms with Gasteiger partial charge >= 0.3 is 0 Å². The first-order chi connectivity index (χ1) is 11.2. The van der Waals surface area contributed by atoms with Crippen LogP contribution in [-0.2, 0) is 0 Å². The van der Waals surface area contributed by atoms with E-state index in [1.807, 2.05) is 0 Å². The van der Waals surface area contributed by atoms with Crippen LogP contribution in [0.1, 0.15) is 36.0 Å². The van der Waals surface area contributed by atoms with Gasteiger partial charge in [0.05, 0.1) is 23.6 Å². The largest absolute Gasteiger partial charge is 0.393 e. The molecular formula is C17H20FN3O2. The zero-order chi connectivity index (χ0) is 16.2. The summed E-state index contributed by atoms with van der Waals surface area (Å²) in [5, 5.41) is 19.4. The SMILES string of the molecule is O=C(NC[C@@H]1CCCC[C@H]1O)c1cn[nH]c1-c1ccccc1F. The van der Waals surface area contributed by atoms with Crippen LogP contribution in [0.5, 0.6) is 0 Å². The average molecular weight is 317 g/mol. The lowest BCUT2D eigenvalue weighted by Crippen LogP contribution is -2.36. The fourth-order valence-corrected chi connectivity index (χ4v) is 3.07. The van der Waals surface area contributed by atoms with Gasteiger partial charge in [0.2, 0.25) is 0 Å². The van der Waals surface area contributed by atoms with Crippen molar-refractivity contribution in [2.45, 2.75) is 31.8 Å². The van der Waals surface area contributed by atoms with Gasteiger partial charge in [-0.25, -0.2) is 4.39 Å². The van der Waals surface area contributed by atoms with Gasteiger partial charge in [0.25, 0.3) is 5.91 Å². The van der Waals surface area contributed by atoms with Crippen LogP contribution >= 0.6 is 0 Å². The smallest absolute Gasteiger partial charge is 0.255 e. The molecule has 1 amide bonds. The van der Waals surface area contributed by atoms with Gasteiger partial charge in [0.1, 0.15) is 5.82 Å². The van der Waals surface area contributed by atoms with E-state index < -0.39 is 5.82 Å². The second kappa shape index (κ2) is 6.91. The number of rotatable bonds is 4. The third kappa shape index (κ3) is 3.42. The summed E-state index contributed by atoms with van der Waals surface area (Å²) in [5.41, 5.74) is 0.984. The number of aromatic amines is 1. The molecular weight excluding hydrogens is 297 g/mol. The number of nitrogens with one attached hydrogen (secondary N) is 2. The van der Waals surface area contributed by atoms with Crippen molar-refractivity contribution < 1.29 is 14.3 Å². The molecule has 1 aliphatic carbocycles. The van der Waals surface area contributed by atoms with Crippen molar-refractivity contribution in [3.63, 3.8) is 0 Å². The van der Waals surface area contributed by atoms with Crippen molar-refractivity contribution in [1.82, 2.24) is 15.5 Å². The molecule has 3 rings (SSSR count). The first kappa shape index (κ1) is 15.7. The van der Waals surface area contributed by atoms with E-state index in [1.54, 1.807) is 18.2 Å². The number of halogens is 1. The Morgan fingerprint density at radius 1 is 1.35 bits per heavy atom. The van der Waals surface area contributed by atoms with Gasteiger partial charge in [0, 0.05) is 18.0 Å². The van der Waals surface area contributed by atoms with Gasteiger partial charge in [-0.1, -0.05) is 25.0 Å². The lowest BCUT2D eigenvalue weighted by Gasteiger charge is -2.27. The highest BCUT2D eigenvalue weighted by Crippen LogP contribution is 2.25. The second-order valence-corrected chi connectivity index (χ2v) is 5.96. The minimum Gasteiger partial charge on any atom is -0.393 e. The Morgan fingerprint density at radius 2 is 2.13 bits per heavy atom. The van der Waals surface area contributed by atoms with Crippen LogP contribution in [0.15, 0.2) is 30.5 Å². The van der Waals surface area contributed by atoms with E-state index in [9.17, 15) is 14.3 Å². The summed E-state index contributed by atoms with van der Waals surface area (Å²) in [4.78, 5) is 12.4. The van der Waals surface area contributed by atoms with E-state index in [4.69, 9.17) is 0 Å². The van der Waals surface area contributed by atoms with Gasteiger partial charge in [-0.3, -0.25) is 9.89 Å². The van der Waals surface area contributed by atoms with E-state index in [-0.39, 0.29) is 17.9 Å². The molecule has 23 heavy (non-hydrogen) atoms. The molecule has 1 aromatic heterocycles. The highest BCUT2D eigenvalue weighted by molar-refractivity contribution is 5.99. The summed E-state index contributed by atoms with van der Waals surface area (Å²) in [5.74, 6) is -0.639. The number of aliphatic hydroxyl groups is 1. The number of hydrogen-bond acceptors (Lipinski definition) is 3. The maximum Gasteiger partial charge on any atom is 0.255 e. The van der Waals surface area contributed by atoms with Crippen molar-refractivity contribution in [3.8, 4) is 11.3 Å². The Hall–Kier alpha value is -2.21. The fourth-order valence-electron chi connectivity index (χ4n) is 3.07. The Morgan fingerprint density at radius 3 is 2.91 bits per heavy atom. The number of aromatic nitrogens is 2. The fraction of sp³-hybridized carbons (Fsp3) is 0.412. The Labute approximate surface area is 133 Å². The molecule has 0 radical (unpaired) electrons. The number of H-pyrrole nitrogens is 1. The van der Waals surface area contributed by atoms with Crippen molar-refractivity contribution in [1.29, 1.82) is 0 Å². The lowest BCUT2D eigenvalue weighted by atomic mass is 9.86. The molecule has 0 spiro atoms. The minimum atomic E-state index is -0.409. The van der Waals surface area contributed by atoms with E-state index in [2.05, 4.69) is 15.5 Å². The van der Waals surface area contributed by atoms with Gasteiger partial charge in [-0.2, -0.15) is 5.10 Å². The van der Waals surface area contributed by atoms with Crippen molar-refractivity contribution in [3.05, 3.63) is 41.8 Å². The Kier molecular flexibility index (Phi) is 4.71. The number of amides is 1. The molecule has 1 fully saturated rings. The summed E-state index contributed by atoms with van der Waals surface area (Å²) in [6.45, 7) is 0.419. The topological polar surface area (TPSA) is 78.0 Å². The highest BCUT2D eigenvalue weighted by Gasteiger charge is 2.24. The molecule has 1 saturated carbocycles. The predicted octanol–water partition coefficient (Wildman–Crippen LogP) is 2.50.